The highest BCUT2D eigenvalue weighted by Gasteiger charge is 2.27. The number of hydrogen-bond acceptors (Lipinski definition) is 4. The van der Waals surface area contributed by atoms with Crippen LogP contribution in [0.15, 0.2) is 42.5 Å². The summed E-state index contributed by atoms with van der Waals surface area (Å²) < 4.78 is 0. The maximum absolute atomic E-state index is 12.5. The Balaban J connectivity index is 1.44. The first-order valence-corrected chi connectivity index (χ1v) is 10.8. The zero-order valence-corrected chi connectivity index (χ0v) is 17.8. The number of aryl methyl sites for hydroxylation is 1. The summed E-state index contributed by atoms with van der Waals surface area (Å²) in [5.74, 6) is -1.22. The fourth-order valence-electron chi connectivity index (χ4n) is 4.47. The molecule has 1 saturated heterocycles. The number of benzene rings is 2. The van der Waals surface area contributed by atoms with Crippen LogP contribution in [0.1, 0.15) is 35.6 Å². The largest absolute Gasteiger partial charge is 0.374 e. The average molecular weight is 407 g/mol. The van der Waals surface area contributed by atoms with Gasteiger partial charge in [0.15, 0.2) is 0 Å². The van der Waals surface area contributed by atoms with Gasteiger partial charge in [0.05, 0.1) is 6.04 Å². The molecule has 0 aliphatic carbocycles. The predicted molar refractivity (Wildman–Crippen MR) is 120 cm³/mol. The molecule has 0 radical (unpaired) electrons. The lowest BCUT2D eigenvalue weighted by Gasteiger charge is -2.28. The Kier molecular flexibility index (Phi) is 6.04. The van der Waals surface area contributed by atoms with Crippen LogP contribution in [0.3, 0.4) is 0 Å². The van der Waals surface area contributed by atoms with Crippen LogP contribution in [0, 0.1) is 6.92 Å². The van der Waals surface area contributed by atoms with Crippen molar-refractivity contribution in [1.29, 1.82) is 0 Å². The number of carbonyl (C=O) groups is 2. The number of anilines is 2. The molecular formula is C24H30N4O2. The highest BCUT2D eigenvalue weighted by atomic mass is 16.2. The summed E-state index contributed by atoms with van der Waals surface area (Å²) in [6.07, 6.45) is 3.40. The second-order valence-electron chi connectivity index (χ2n) is 8.30. The molecule has 1 atom stereocenters. The molecule has 0 unspecified atom stereocenters. The van der Waals surface area contributed by atoms with Gasteiger partial charge in [0.2, 0.25) is 0 Å². The normalized spacial score (nSPS) is 16.9. The number of fused-ring (bicyclic) bond motifs is 1. The van der Waals surface area contributed by atoms with Gasteiger partial charge in [0, 0.05) is 31.5 Å². The topological polar surface area (TPSA) is 64.7 Å². The van der Waals surface area contributed by atoms with Gasteiger partial charge in [-0.2, -0.15) is 0 Å². The minimum Gasteiger partial charge on any atom is -0.374 e. The van der Waals surface area contributed by atoms with Crippen molar-refractivity contribution in [2.75, 3.05) is 43.4 Å². The molecule has 4 rings (SSSR count). The van der Waals surface area contributed by atoms with Crippen LogP contribution in [0.2, 0.25) is 0 Å². The number of nitrogens with zero attached hydrogens (tertiary/aromatic N) is 2. The number of nitrogens with one attached hydrogen (secondary N) is 2. The highest BCUT2D eigenvalue weighted by Crippen LogP contribution is 2.32. The summed E-state index contributed by atoms with van der Waals surface area (Å²) in [7, 11) is 2.12. The van der Waals surface area contributed by atoms with Gasteiger partial charge >= 0.3 is 11.8 Å². The van der Waals surface area contributed by atoms with E-state index in [1.54, 1.807) is 6.07 Å². The van der Waals surface area contributed by atoms with E-state index >= 15 is 0 Å². The number of para-hydroxylation sites is 1. The Morgan fingerprint density at radius 2 is 1.80 bits per heavy atom. The lowest BCUT2D eigenvalue weighted by molar-refractivity contribution is -0.136. The summed E-state index contributed by atoms with van der Waals surface area (Å²) in [6.45, 7) is 5.42. The molecule has 2 N–H and O–H groups in total. The maximum Gasteiger partial charge on any atom is 0.313 e. The van der Waals surface area contributed by atoms with E-state index in [0.717, 1.165) is 31.6 Å². The van der Waals surface area contributed by atoms with E-state index in [9.17, 15) is 9.59 Å². The number of rotatable bonds is 5. The molecule has 2 aromatic rings. The van der Waals surface area contributed by atoms with Crippen molar-refractivity contribution >= 4 is 23.2 Å². The van der Waals surface area contributed by atoms with Crippen molar-refractivity contribution in [1.82, 2.24) is 10.2 Å². The zero-order valence-electron chi connectivity index (χ0n) is 17.8. The molecule has 2 aliphatic heterocycles. The number of carbonyl (C=O) groups excluding carboxylic acids is 2. The van der Waals surface area contributed by atoms with Gasteiger partial charge in [0.1, 0.15) is 0 Å². The number of likely N-dealkylation sites (N-methyl/N-ethyl adjacent to an activating group) is 1. The standard InChI is InChI=1S/C24H30N4O2/c1-17-7-3-4-8-20(17)26-24(30)23(29)25-16-22(28-12-5-6-13-28)18-9-10-21-19(15-18)11-14-27(21)2/h3-4,7-10,15,22H,5-6,11-14,16H2,1-2H3,(H,25,29)(H,26,30)/t22-/m1/s1. The highest BCUT2D eigenvalue weighted by molar-refractivity contribution is 6.39. The van der Waals surface area contributed by atoms with E-state index in [-0.39, 0.29) is 6.04 Å². The van der Waals surface area contributed by atoms with Crippen molar-refractivity contribution in [2.45, 2.75) is 32.2 Å². The van der Waals surface area contributed by atoms with Crippen LogP contribution in [-0.2, 0) is 16.0 Å². The summed E-state index contributed by atoms with van der Waals surface area (Å²) in [6, 6.07) is 14.2. The van der Waals surface area contributed by atoms with Crippen LogP contribution in [-0.4, -0.2) is 49.9 Å². The van der Waals surface area contributed by atoms with Crippen molar-refractivity contribution in [3.05, 3.63) is 59.2 Å². The van der Waals surface area contributed by atoms with E-state index in [2.05, 4.69) is 45.7 Å². The Labute approximate surface area is 178 Å². The molecule has 1 fully saturated rings. The molecule has 6 nitrogen and oxygen atoms in total. The third kappa shape index (κ3) is 4.33. The maximum atomic E-state index is 12.5. The van der Waals surface area contributed by atoms with Gasteiger partial charge in [-0.05, 0) is 68.1 Å². The molecule has 2 heterocycles. The third-order valence-corrected chi connectivity index (χ3v) is 6.25. The lowest BCUT2D eigenvalue weighted by atomic mass is 10.0. The van der Waals surface area contributed by atoms with E-state index in [4.69, 9.17) is 0 Å². The molecule has 0 bridgehead atoms. The number of amides is 2. The lowest BCUT2D eigenvalue weighted by Crippen LogP contribution is -2.41. The van der Waals surface area contributed by atoms with E-state index in [1.165, 1.54) is 29.7 Å². The van der Waals surface area contributed by atoms with E-state index < -0.39 is 11.8 Å². The summed E-state index contributed by atoms with van der Waals surface area (Å²) in [5, 5.41) is 5.58. The Morgan fingerprint density at radius 3 is 2.57 bits per heavy atom. The third-order valence-electron chi connectivity index (χ3n) is 6.25. The van der Waals surface area contributed by atoms with Crippen molar-refractivity contribution < 1.29 is 9.59 Å². The summed E-state index contributed by atoms with van der Waals surface area (Å²) in [5.41, 5.74) is 5.46. The molecule has 158 valence electrons. The molecular weight excluding hydrogens is 376 g/mol. The van der Waals surface area contributed by atoms with Crippen LogP contribution < -0.4 is 15.5 Å². The zero-order chi connectivity index (χ0) is 21.1. The van der Waals surface area contributed by atoms with E-state index in [0.29, 0.717) is 12.2 Å². The Bertz CT molecular complexity index is 937. The van der Waals surface area contributed by atoms with Crippen molar-refractivity contribution in [3.63, 3.8) is 0 Å². The first-order chi connectivity index (χ1) is 14.5. The smallest absolute Gasteiger partial charge is 0.313 e. The Hall–Kier alpha value is -2.86. The number of likely N-dealkylation sites (tertiary alicyclic amines) is 1. The SMILES string of the molecule is Cc1ccccc1NC(=O)C(=O)NC[C@H](c1ccc2c(c1)CCN2C)N1CCCC1. The molecule has 2 aromatic carbocycles. The molecule has 30 heavy (non-hydrogen) atoms. The van der Waals surface area contributed by atoms with Gasteiger partial charge in [-0.3, -0.25) is 14.5 Å². The van der Waals surface area contributed by atoms with Crippen molar-refractivity contribution in [3.8, 4) is 0 Å². The second-order valence-corrected chi connectivity index (χ2v) is 8.30. The predicted octanol–water partition coefficient (Wildman–Crippen LogP) is 2.88. The van der Waals surface area contributed by atoms with Gasteiger partial charge in [-0.15, -0.1) is 0 Å². The minimum atomic E-state index is -0.625. The molecule has 2 amide bonds. The van der Waals surface area contributed by atoms with Gasteiger partial charge in [-0.1, -0.05) is 30.3 Å². The Morgan fingerprint density at radius 1 is 1.03 bits per heavy atom. The fraction of sp³-hybridized carbons (Fsp3) is 0.417. The molecule has 0 aromatic heterocycles. The first-order valence-electron chi connectivity index (χ1n) is 10.8. The summed E-state index contributed by atoms with van der Waals surface area (Å²) >= 11 is 0. The quantitative estimate of drug-likeness (QED) is 0.750. The molecule has 6 heteroatoms. The van der Waals surface area contributed by atoms with Gasteiger partial charge in [-0.25, -0.2) is 0 Å². The first kappa shape index (κ1) is 20.4. The van der Waals surface area contributed by atoms with Crippen molar-refractivity contribution in [2.24, 2.45) is 0 Å². The van der Waals surface area contributed by atoms with Crippen LogP contribution in [0.4, 0.5) is 11.4 Å². The monoisotopic (exact) mass is 406 g/mol. The molecule has 0 spiro atoms. The molecule has 0 saturated carbocycles. The van der Waals surface area contributed by atoms with Crippen LogP contribution in [0.25, 0.3) is 0 Å². The fourth-order valence-corrected chi connectivity index (χ4v) is 4.47. The second kappa shape index (κ2) is 8.88. The average Bonchev–Trinajstić information content (AvgIpc) is 3.40. The van der Waals surface area contributed by atoms with Gasteiger partial charge in [0.25, 0.3) is 0 Å². The van der Waals surface area contributed by atoms with E-state index in [1.807, 2.05) is 25.1 Å². The summed E-state index contributed by atoms with van der Waals surface area (Å²) in [4.78, 5) is 29.6. The minimum absolute atomic E-state index is 0.0823. The van der Waals surface area contributed by atoms with Gasteiger partial charge < -0.3 is 15.5 Å². The van der Waals surface area contributed by atoms with Crippen LogP contribution >= 0.6 is 0 Å². The molecule has 2 aliphatic rings. The number of hydrogen-bond donors (Lipinski definition) is 2. The van der Waals surface area contributed by atoms with Crippen LogP contribution in [0.5, 0.6) is 0 Å².